The smallest absolute Gasteiger partial charge is 0.320 e. The van der Waals surface area contributed by atoms with Crippen LogP contribution in [-0.2, 0) is 27.2 Å². The first kappa shape index (κ1) is 24.4. The largest absolute Gasteiger partial charge is 0.480 e. The number of nitrogens with two attached hydrogens (primary N) is 1. The number of nitrogens with zero attached hydrogens (tertiary/aromatic N) is 6. The summed E-state index contributed by atoms with van der Waals surface area (Å²) in [7, 11) is 3.26. The molecule has 3 aromatic rings. The van der Waals surface area contributed by atoms with Crippen molar-refractivity contribution in [3.63, 3.8) is 0 Å². The number of fused-ring (bicyclic) bond motifs is 1. The molecule has 11 heteroatoms. The van der Waals surface area contributed by atoms with Crippen molar-refractivity contribution in [2.24, 2.45) is 22.0 Å². The van der Waals surface area contributed by atoms with Gasteiger partial charge in [0, 0.05) is 26.9 Å². The van der Waals surface area contributed by atoms with E-state index < -0.39 is 23.8 Å². The number of amides is 2. The van der Waals surface area contributed by atoms with E-state index in [9.17, 15) is 14.4 Å². The molecule has 1 aromatic heterocycles. The molecule has 176 valence electrons. The number of carboxylic acids is 1. The molecule has 2 atom stereocenters. The number of hydrogen-bond acceptors (Lipinski definition) is 6. The second kappa shape index (κ2) is 11.1. The van der Waals surface area contributed by atoms with Gasteiger partial charge in [-0.2, -0.15) is 0 Å². The summed E-state index contributed by atoms with van der Waals surface area (Å²) in [6.07, 6.45) is 3.07. The number of hydrogen-bond donors (Lipinski definition) is 2. The van der Waals surface area contributed by atoms with E-state index in [1.807, 2.05) is 42.5 Å². The number of imidazole rings is 1. The quantitative estimate of drug-likeness (QED) is 0.361. The Morgan fingerprint density at radius 3 is 2.62 bits per heavy atom. The summed E-state index contributed by atoms with van der Waals surface area (Å²) in [4.78, 5) is 45.1. The fourth-order valence-corrected chi connectivity index (χ4v) is 3.39. The van der Waals surface area contributed by atoms with Crippen molar-refractivity contribution in [3.8, 4) is 0 Å². The third kappa shape index (κ3) is 6.41. The lowest BCUT2D eigenvalue weighted by Gasteiger charge is -2.16. The molecule has 0 aliphatic carbocycles. The lowest BCUT2D eigenvalue weighted by Crippen LogP contribution is -2.32. The molecule has 3 N–H and O–H groups in total. The van der Waals surface area contributed by atoms with E-state index in [2.05, 4.69) is 20.2 Å². The molecule has 0 aliphatic heterocycles. The average Bonchev–Trinajstić information content (AvgIpc) is 3.25. The van der Waals surface area contributed by atoms with Gasteiger partial charge in [-0.3, -0.25) is 14.4 Å². The van der Waals surface area contributed by atoms with Crippen molar-refractivity contribution in [3.05, 3.63) is 66.2 Å². The lowest BCUT2D eigenvalue weighted by atomic mass is 9.92. The fourth-order valence-electron chi connectivity index (χ4n) is 3.39. The van der Waals surface area contributed by atoms with Gasteiger partial charge in [0.1, 0.15) is 12.2 Å². The second-order valence-electron chi connectivity index (χ2n) is 8.04. The summed E-state index contributed by atoms with van der Waals surface area (Å²) < 4.78 is 1.20. The highest BCUT2D eigenvalue weighted by molar-refractivity contribution is 5.88. The molecule has 0 bridgehead atoms. The van der Waals surface area contributed by atoms with Crippen molar-refractivity contribution >= 4 is 28.6 Å². The minimum Gasteiger partial charge on any atom is -0.480 e. The van der Waals surface area contributed by atoms with Crippen LogP contribution in [0.1, 0.15) is 17.7 Å². The summed E-state index contributed by atoms with van der Waals surface area (Å²) in [5.74, 6) is -2.62. The van der Waals surface area contributed by atoms with Crippen LogP contribution in [0.3, 0.4) is 0 Å². The van der Waals surface area contributed by atoms with Gasteiger partial charge in [0.05, 0.1) is 21.6 Å². The second-order valence-corrected chi connectivity index (χ2v) is 8.04. The van der Waals surface area contributed by atoms with Gasteiger partial charge in [0.25, 0.3) is 0 Å². The Morgan fingerprint density at radius 2 is 1.88 bits per heavy atom. The average molecular weight is 465 g/mol. The summed E-state index contributed by atoms with van der Waals surface area (Å²) in [6, 6.07) is 12.6. The Morgan fingerprint density at radius 1 is 1.15 bits per heavy atom. The number of carbonyl (C=O) groups is 3. The Kier molecular flexibility index (Phi) is 7.96. The molecule has 2 amide bonds. The van der Waals surface area contributed by atoms with Gasteiger partial charge in [0.2, 0.25) is 17.5 Å². The van der Waals surface area contributed by atoms with Crippen molar-refractivity contribution in [1.29, 1.82) is 0 Å². The first-order valence-electron chi connectivity index (χ1n) is 10.6. The Bertz CT molecular complexity index is 1260. The molecule has 0 fully saturated rings. The highest BCUT2D eigenvalue weighted by Gasteiger charge is 2.26. The van der Waals surface area contributed by atoms with Crippen LogP contribution in [0.25, 0.3) is 10.8 Å². The number of carbonyl (C=O) groups excluding carboxylic acids is 2. The molecule has 0 saturated heterocycles. The summed E-state index contributed by atoms with van der Waals surface area (Å²) >= 11 is 0. The van der Waals surface area contributed by atoms with E-state index >= 15 is 0 Å². The third-order valence-electron chi connectivity index (χ3n) is 5.27. The zero-order chi connectivity index (χ0) is 24.7. The van der Waals surface area contributed by atoms with Crippen LogP contribution in [0.5, 0.6) is 0 Å². The molecule has 11 nitrogen and oxygen atoms in total. The van der Waals surface area contributed by atoms with E-state index in [1.165, 1.54) is 22.1 Å². The van der Waals surface area contributed by atoms with Crippen LogP contribution in [0.4, 0.5) is 0 Å². The molecular formula is C23H26N7O4+. The SMILES string of the molecule is CN(C)C(=O)CC(Cc1cccc2ccccc12)C(=O)N=[N+]=Nn1cnc(C[C@H](N)C(=O)O)c1. The standard InChI is InChI=1S/C23H25N7O4/c1-29(2)21(31)11-17(10-16-8-5-7-15-6-3-4-9-19(15)16)22(32)26-27-28-30-13-18(25-14-30)12-20(24)23(33)34/h3-9,13-14,17,20H,10-12,24H2,1-2H3/p+1/t17?,20-/m0/s1. The normalized spacial score (nSPS) is 12.4. The van der Waals surface area contributed by atoms with E-state index in [-0.39, 0.29) is 18.7 Å². The van der Waals surface area contributed by atoms with Crippen LogP contribution in [0, 0.1) is 5.92 Å². The summed E-state index contributed by atoms with van der Waals surface area (Å²) in [5, 5.41) is 18.4. The monoisotopic (exact) mass is 464 g/mol. The Balaban J connectivity index is 1.79. The molecule has 0 saturated carbocycles. The number of rotatable bonds is 9. The summed E-state index contributed by atoms with van der Waals surface area (Å²) in [6.45, 7) is 0. The van der Waals surface area contributed by atoms with E-state index in [0.717, 1.165) is 16.3 Å². The molecule has 0 aliphatic rings. The van der Waals surface area contributed by atoms with Crippen molar-refractivity contribution < 1.29 is 19.5 Å². The van der Waals surface area contributed by atoms with Gasteiger partial charge in [-0.1, -0.05) is 47.1 Å². The van der Waals surface area contributed by atoms with Crippen LogP contribution < -0.4 is 10.6 Å². The first-order chi connectivity index (χ1) is 16.2. The molecule has 1 heterocycles. The topological polar surface area (TPSA) is 157 Å². The molecule has 2 aromatic carbocycles. The zero-order valence-corrected chi connectivity index (χ0v) is 18.9. The van der Waals surface area contributed by atoms with Crippen molar-refractivity contribution in [2.45, 2.75) is 25.3 Å². The minimum absolute atomic E-state index is 0.0175. The molecule has 0 radical (unpaired) electrons. The maximum absolute atomic E-state index is 12.9. The van der Waals surface area contributed by atoms with Crippen molar-refractivity contribution in [1.82, 2.24) is 19.5 Å². The van der Waals surface area contributed by atoms with Crippen LogP contribution in [-0.4, -0.2) is 57.6 Å². The first-order valence-corrected chi connectivity index (χ1v) is 10.6. The van der Waals surface area contributed by atoms with Gasteiger partial charge in [-0.15, -0.1) is 0 Å². The minimum atomic E-state index is -1.14. The highest BCUT2D eigenvalue weighted by atomic mass is 16.4. The maximum Gasteiger partial charge on any atom is 0.320 e. The third-order valence-corrected chi connectivity index (χ3v) is 5.27. The van der Waals surface area contributed by atoms with E-state index in [4.69, 9.17) is 10.8 Å². The number of benzene rings is 2. The highest BCUT2D eigenvalue weighted by Crippen LogP contribution is 2.23. The Labute approximate surface area is 195 Å². The van der Waals surface area contributed by atoms with Gasteiger partial charge < -0.3 is 15.7 Å². The molecular weight excluding hydrogens is 438 g/mol. The lowest BCUT2D eigenvalue weighted by molar-refractivity contribution is -0.138. The van der Waals surface area contributed by atoms with E-state index in [1.54, 1.807) is 14.1 Å². The molecule has 34 heavy (non-hydrogen) atoms. The van der Waals surface area contributed by atoms with Gasteiger partial charge >= 0.3 is 11.9 Å². The van der Waals surface area contributed by atoms with Crippen LogP contribution >= 0.6 is 0 Å². The molecule has 1 unspecified atom stereocenters. The van der Waals surface area contributed by atoms with Gasteiger partial charge in [0.15, 0.2) is 0 Å². The van der Waals surface area contributed by atoms with Crippen LogP contribution in [0.2, 0.25) is 0 Å². The number of carboxylic acid groups (broad SMARTS) is 1. The maximum atomic E-state index is 12.9. The molecule has 3 rings (SSSR count). The number of aromatic nitrogens is 2. The Hall–Kier alpha value is -4.21. The predicted molar refractivity (Wildman–Crippen MR) is 123 cm³/mol. The zero-order valence-electron chi connectivity index (χ0n) is 18.9. The van der Waals surface area contributed by atoms with E-state index in [0.29, 0.717) is 12.1 Å². The number of aliphatic carboxylic acids is 1. The predicted octanol–water partition coefficient (Wildman–Crippen LogP) is 1.59. The van der Waals surface area contributed by atoms with Gasteiger partial charge in [-0.05, 0) is 22.8 Å². The summed E-state index contributed by atoms with van der Waals surface area (Å²) in [5.41, 5.74) is 6.84. The van der Waals surface area contributed by atoms with Gasteiger partial charge in [-0.25, -0.2) is 4.98 Å². The van der Waals surface area contributed by atoms with Crippen molar-refractivity contribution in [2.75, 3.05) is 14.1 Å². The fraction of sp³-hybridized carbons (Fsp3) is 0.304. The van der Waals surface area contributed by atoms with Crippen LogP contribution in [0.15, 0.2) is 65.3 Å². The molecule has 0 spiro atoms.